The molecular formula is C38H40Br3N3O5S3. The molecule has 0 unspecified atom stereocenters. The minimum atomic E-state index is 0.611. The van der Waals surface area contributed by atoms with Gasteiger partial charge in [0.25, 0.3) is 0 Å². The molecule has 0 aliphatic carbocycles. The van der Waals surface area contributed by atoms with E-state index in [1.165, 1.54) is 16.0 Å². The van der Waals surface area contributed by atoms with Crippen LogP contribution in [0.3, 0.4) is 0 Å². The number of thioether (sulfide) groups is 3. The maximum atomic E-state index is 5.73. The summed E-state index contributed by atoms with van der Waals surface area (Å²) in [5.41, 5.74) is 6.94. The number of rotatable bonds is 10. The second-order valence-corrected chi connectivity index (χ2v) is 16.1. The highest BCUT2D eigenvalue weighted by Gasteiger charge is 2.20. The summed E-state index contributed by atoms with van der Waals surface area (Å²) in [5, 5.41) is 12.3. The summed E-state index contributed by atoms with van der Waals surface area (Å²) in [6, 6.07) is 18.1. The lowest BCUT2D eigenvalue weighted by atomic mass is 10.0. The van der Waals surface area contributed by atoms with Gasteiger partial charge in [-0.25, -0.2) is 0 Å². The average Bonchev–Trinajstić information content (AvgIpc) is 3.90. The van der Waals surface area contributed by atoms with Crippen molar-refractivity contribution >= 4 is 83.1 Å². The van der Waals surface area contributed by atoms with Gasteiger partial charge >= 0.3 is 0 Å². The molecule has 3 heterocycles. The summed E-state index contributed by atoms with van der Waals surface area (Å²) >= 11 is 15.7. The molecule has 0 spiro atoms. The molecule has 6 rings (SSSR count). The number of aromatic nitrogens is 3. The molecule has 8 nitrogen and oxygen atoms in total. The Hall–Kier alpha value is -2.62. The lowest BCUT2D eigenvalue weighted by Gasteiger charge is -2.13. The molecule has 0 N–H and O–H groups in total. The van der Waals surface area contributed by atoms with Crippen molar-refractivity contribution < 1.29 is 23.0 Å². The molecule has 3 aromatic carbocycles. The zero-order valence-electron chi connectivity index (χ0n) is 30.4. The number of benzene rings is 3. The molecule has 3 aromatic heterocycles. The van der Waals surface area contributed by atoms with Gasteiger partial charge in [0.15, 0.2) is 0 Å². The van der Waals surface area contributed by atoms with Gasteiger partial charge in [-0.05, 0) is 127 Å². The van der Waals surface area contributed by atoms with Crippen molar-refractivity contribution in [3.05, 3.63) is 90.9 Å². The number of ether oxygens (including phenoxy) is 2. The van der Waals surface area contributed by atoms with Crippen molar-refractivity contribution in [3.63, 3.8) is 0 Å². The molecule has 0 aliphatic rings. The van der Waals surface area contributed by atoms with Gasteiger partial charge < -0.3 is 23.0 Å². The molecule has 0 saturated carbocycles. The number of hydrogen-bond donors (Lipinski definition) is 0. The Bertz CT molecular complexity index is 2000. The molecule has 14 heteroatoms. The standard InChI is InChI=1S/C13H14BrNO2S.C13H14BrNOS.C12H12BrNO2S/c1-4-16-13-9(14)5-6-11(18-3)12(13)10-7-8(2)17-15-10;1-4-9-10(14)5-6-12(17-3)13(9)11-7-8(2)16-15-11;1-7-6-9(14-16-7)11-10(17-3)5-4-8(13)12(11)15-2/h5-7H,4H2,1-3H3;5-7H,4H2,1-3H3;4-6H,1-3H3. The van der Waals surface area contributed by atoms with E-state index in [1.54, 1.807) is 42.4 Å². The summed E-state index contributed by atoms with van der Waals surface area (Å²) < 4.78 is 29.6. The maximum absolute atomic E-state index is 5.73. The van der Waals surface area contributed by atoms with Crippen LogP contribution in [0.5, 0.6) is 11.5 Å². The number of aryl methyl sites for hydroxylation is 3. The Morgan fingerprint density at radius 1 is 0.577 bits per heavy atom. The van der Waals surface area contributed by atoms with Gasteiger partial charge in [0.05, 0.1) is 33.8 Å². The van der Waals surface area contributed by atoms with E-state index in [0.29, 0.717) is 6.61 Å². The highest BCUT2D eigenvalue weighted by molar-refractivity contribution is 9.11. The summed E-state index contributed by atoms with van der Waals surface area (Å²) in [4.78, 5) is 3.46. The van der Waals surface area contributed by atoms with E-state index in [0.717, 1.165) is 86.6 Å². The van der Waals surface area contributed by atoms with E-state index in [-0.39, 0.29) is 0 Å². The highest BCUT2D eigenvalue weighted by atomic mass is 79.9. The first-order valence-electron chi connectivity index (χ1n) is 16.1. The Morgan fingerprint density at radius 2 is 0.962 bits per heavy atom. The first-order valence-corrected chi connectivity index (χ1v) is 22.1. The van der Waals surface area contributed by atoms with Crippen LogP contribution in [0.25, 0.3) is 33.8 Å². The molecule has 276 valence electrons. The van der Waals surface area contributed by atoms with Gasteiger partial charge in [-0.15, -0.1) is 35.3 Å². The Balaban J connectivity index is 0.000000175. The SMILES string of the molecule is CCOc1c(Br)ccc(SC)c1-c1cc(C)on1.CCc1c(Br)ccc(SC)c1-c1cc(C)on1.COc1c(Br)ccc(SC)c1-c1cc(C)on1. The van der Waals surface area contributed by atoms with Crippen LogP contribution in [0.15, 0.2) is 96.3 Å². The molecule has 6 aromatic rings. The highest BCUT2D eigenvalue weighted by Crippen LogP contribution is 2.43. The van der Waals surface area contributed by atoms with E-state index in [2.05, 4.69) is 94.6 Å². The van der Waals surface area contributed by atoms with Crippen LogP contribution in [0.4, 0.5) is 0 Å². The molecule has 0 radical (unpaired) electrons. The van der Waals surface area contributed by atoms with Crippen LogP contribution in [-0.2, 0) is 6.42 Å². The quantitative estimate of drug-likeness (QED) is 0.123. The number of halogens is 3. The van der Waals surface area contributed by atoms with Crippen molar-refractivity contribution in [1.82, 2.24) is 15.5 Å². The zero-order chi connectivity index (χ0) is 37.9. The first-order chi connectivity index (χ1) is 25.0. The van der Waals surface area contributed by atoms with Crippen molar-refractivity contribution in [1.29, 1.82) is 0 Å². The summed E-state index contributed by atoms with van der Waals surface area (Å²) in [7, 11) is 1.65. The lowest BCUT2D eigenvalue weighted by Crippen LogP contribution is -1.97. The average molecular weight is 955 g/mol. The fourth-order valence-electron chi connectivity index (χ4n) is 5.24. The van der Waals surface area contributed by atoms with E-state index >= 15 is 0 Å². The minimum absolute atomic E-state index is 0.611. The van der Waals surface area contributed by atoms with Crippen molar-refractivity contribution in [3.8, 4) is 45.3 Å². The molecule has 0 fully saturated rings. The van der Waals surface area contributed by atoms with Gasteiger partial charge in [-0.2, -0.15) is 0 Å². The van der Waals surface area contributed by atoms with E-state index < -0.39 is 0 Å². The monoisotopic (exact) mass is 951 g/mol. The molecule has 52 heavy (non-hydrogen) atoms. The first kappa shape index (κ1) is 42.1. The minimum Gasteiger partial charge on any atom is -0.495 e. The van der Waals surface area contributed by atoms with Gasteiger partial charge in [-0.3, -0.25) is 0 Å². The van der Waals surface area contributed by atoms with E-state index in [4.69, 9.17) is 23.0 Å². The zero-order valence-corrected chi connectivity index (χ0v) is 37.6. The normalized spacial score (nSPS) is 10.7. The third kappa shape index (κ3) is 10.1. The van der Waals surface area contributed by atoms with E-state index in [9.17, 15) is 0 Å². The van der Waals surface area contributed by atoms with Crippen molar-refractivity contribution in [2.24, 2.45) is 0 Å². The fraction of sp³-hybridized carbons (Fsp3) is 0.289. The van der Waals surface area contributed by atoms with Crippen molar-refractivity contribution in [2.75, 3.05) is 32.5 Å². The number of nitrogens with zero attached hydrogens (tertiary/aromatic N) is 3. The molecule has 0 atom stereocenters. The summed E-state index contributed by atoms with van der Waals surface area (Å²) in [6.07, 6.45) is 7.11. The van der Waals surface area contributed by atoms with Gasteiger partial charge in [0, 0.05) is 42.9 Å². The van der Waals surface area contributed by atoms with Crippen molar-refractivity contribution in [2.45, 2.75) is 55.7 Å². The molecule has 0 saturated heterocycles. The smallest absolute Gasteiger partial charge is 0.144 e. The van der Waals surface area contributed by atoms with Crippen LogP contribution in [-0.4, -0.2) is 48.0 Å². The van der Waals surface area contributed by atoms with Crippen LogP contribution in [0, 0.1) is 20.8 Å². The van der Waals surface area contributed by atoms with Gasteiger partial charge in [0.1, 0.15) is 45.9 Å². The number of hydrogen-bond acceptors (Lipinski definition) is 11. The Morgan fingerprint density at radius 3 is 1.33 bits per heavy atom. The third-order valence-corrected chi connectivity index (χ3v) is 11.9. The fourth-order valence-corrected chi connectivity index (χ4v) is 8.63. The Labute approximate surface area is 343 Å². The van der Waals surface area contributed by atoms with E-state index in [1.807, 2.05) is 76.6 Å². The maximum Gasteiger partial charge on any atom is 0.144 e. The van der Waals surface area contributed by atoms with Gasteiger partial charge in [-0.1, -0.05) is 38.3 Å². The number of methoxy groups -OCH3 is 1. The molecule has 0 aliphatic heterocycles. The Kier molecular flexibility index (Phi) is 16.3. The lowest BCUT2D eigenvalue weighted by molar-refractivity contribution is 0.338. The summed E-state index contributed by atoms with van der Waals surface area (Å²) in [5.74, 6) is 4.02. The molecule has 0 amide bonds. The van der Waals surface area contributed by atoms with Crippen LogP contribution in [0.2, 0.25) is 0 Å². The predicted molar refractivity (Wildman–Crippen MR) is 226 cm³/mol. The summed E-state index contributed by atoms with van der Waals surface area (Å²) in [6.45, 7) is 10.4. The third-order valence-electron chi connectivity index (χ3n) is 7.52. The van der Waals surface area contributed by atoms with Crippen LogP contribution < -0.4 is 9.47 Å². The second kappa shape index (κ2) is 20.2. The molecular weight excluding hydrogens is 914 g/mol. The topological polar surface area (TPSA) is 96.6 Å². The van der Waals surface area contributed by atoms with Crippen LogP contribution >= 0.6 is 83.1 Å². The van der Waals surface area contributed by atoms with Crippen LogP contribution in [0.1, 0.15) is 36.7 Å². The molecule has 0 bridgehead atoms. The predicted octanol–water partition coefficient (Wildman–Crippen LogP) is 13.4. The van der Waals surface area contributed by atoms with Gasteiger partial charge in [0.2, 0.25) is 0 Å². The second-order valence-electron chi connectivity index (χ2n) is 11.0. The largest absolute Gasteiger partial charge is 0.495 e.